The minimum absolute atomic E-state index is 0.0219. The van der Waals surface area contributed by atoms with E-state index >= 15 is 0 Å². The van der Waals surface area contributed by atoms with Crippen molar-refractivity contribution in [1.82, 2.24) is 20.8 Å². The van der Waals surface area contributed by atoms with E-state index in [1.54, 1.807) is 25.1 Å². The molecule has 1 aromatic rings. The second-order valence-corrected chi connectivity index (χ2v) is 16.1. The first-order chi connectivity index (χ1) is 28.5. The minimum Gasteiger partial charge on any atom is -0.507 e. The first-order valence-electron chi connectivity index (χ1n) is 22.3. The summed E-state index contributed by atoms with van der Waals surface area (Å²) in [4.78, 5) is 69.1. The van der Waals surface area contributed by atoms with Crippen LogP contribution in [0.25, 0.3) is 0 Å². The third-order valence-corrected chi connectivity index (χ3v) is 11.3. The summed E-state index contributed by atoms with van der Waals surface area (Å²) < 4.78 is 11.7. The van der Waals surface area contributed by atoms with Gasteiger partial charge in [-0.3, -0.25) is 29.6 Å². The number of hydrogen-bond donors (Lipinski definition) is 5. The van der Waals surface area contributed by atoms with Crippen LogP contribution in [0.5, 0.6) is 5.75 Å². The molecule has 1 aromatic carbocycles. The van der Waals surface area contributed by atoms with E-state index in [-0.39, 0.29) is 44.2 Å². The van der Waals surface area contributed by atoms with Gasteiger partial charge in [0, 0.05) is 13.1 Å². The Kier molecular flexibility index (Phi) is 23.5. The highest BCUT2D eigenvalue weighted by Crippen LogP contribution is 2.23. The number of carbonyl (C=O) groups is 5. The molecule has 332 valence electrons. The number of esters is 1. The van der Waals surface area contributed by atoms with Gasteiger partial charge in [-0.15, -0.1) is 0 Å². The lowest BCUT2D eigenvalue weighted by molar-refractivity contribution is -0.167. The van der Waals surface area contributed by atoms with E-state index < -0.39 is 53.8 Å². The number of ether oxygens (including phenoxy) is 2. The molecule has 59 heavy (non-hydrogen) atoms. The number of phenols is 1. The number of aliphatic imine (C=N–C) groups is 1. The summed E-state index contributed by atoms with van der Waals surface area (Å²) >= 11 is 0. The van der Waals surface area contributed by atoms with Crippen molar-refractivity contribution in [2.24, 2.45) is 10.9 Å². The van der Waals surface area contributed by atoms with Crippen LogP contribution in [0, 0.1) is 5.92 Å². The number of hydroxylamine groups is 4. The van der Waals surface area contributed by atoms with Crippen LogP contribution in [0.3, 0.4) is 0 Å². The quantitative estimate of drug-likeness (QED) is 0.0182. The van der Waals surface area contributed by atoms with Crippen molar-refractivity contribution >= 4 is 36.0 Å². The van der Waals surface area contributed by atoms with Crippen molar-refractivity contribution in [2.45, 2.75) is 179 Å². The number of nitrogens with one attached hydrogen (secondary N) is 2. The van der Waals surface area contributed by atoms with E-state index in [1.807, 2.05) is 0 Å². The first-order valence-corrected chi connectivity index (χ1v) is 22.3. The number of hydrogen-bond acceptors (Lipinski definition) is 11. The zero-order valence-corrected chi connectivity index (χ0v) is 35.5. The largest absolute Gasteiger partial charge is 0.507 e. The predicted molar refractivity (Wildman–Crippen MR) is 223 cm³/mol. The van der Waals surface area contributed by atoms with Crippen molar-refractivity contribution in [3.8, 4) is 5.75 Å². The average Bonchev–Trinajstić information content (AvgIpc) is 3.67. The lowest BCUT2D eigenvalue weighted by Crippen LogP contribution is -2.51. The highest BCUT2D eigenvalue weighted by molar-refractivity contribution is 6.00. The highest BCUT2D eigenvalue weighted by Gasteiger charge is 2.36. The molecule has 15 nitrogen and oxygen atoms in total. The van der Waals surface area contributed by atoms with Crippen molar-refractivity contribution in [3.05, 3.63) is 29.8 Å². The van der Waals surface area contributed by atoms with Crippen molar-refractivity contribution in [1.29, 1.82) is 0 Å². The molecule has 3 rings (SSSR count). The topological polar surface area (TPSA) is 207 Å². The third kappa shape index (κ3) is 18.3. The van der Waals surface area contributed by atoms with Gasteiger partial charge in [-0.1, -0.05) is 116 Å². The van der Waals surface area contributed by atoms with Crippen LogP contribution in [0.2, 0.25) is 0 Å². The summed E-state index contributed by atoms with van der Waals surface area (Å²) in [5.41, 5.74) is 0.327. The molecule has 2 heterocycles. The Morgan fingerprint density at radius 1 is 0.932 bits per heavy atom. The van der Waals surface area contributed by atoms with Crippen molar-refractivity contribution in [3.63, 3.8) is 0 Å². The number of aromatic hydroxyl groups is 1. The molecule has 15 heteroatoms. The summed E-state index contributed by atoms with van der Waals surface area (Å²) in [5, 5.41) is 36.6. The summed E-state index contributed by atoms with van der Waals surface area (Å²) in [6.07, 6.45) is 20.1. The number of benzene rings is 1. The van der Waals surface area contributed by atoms with E-state index in [0.717, 1.165) is 25.7 Å². The molecule has 2 aliphatic rings. The van der Waals surface area contributed by atoms with E-state index in [4.69, 9.17) is 9.47 Å². The summed E-state index contributed by atoms with van der Waals surface area (Å²) in [7, 11) is 0. The molecule has 0 saturated carbocycles. The molecule has 2 aliphatic heterocycles. The van der Waals surface area contributed by atoms with Crippen LogP contribution in [0.4, 0.5) is 0 Å². The van der Waals surface area contributed by atoms with Crippen LogP contribution in [0.1, 0.15) is 161 Å². The monoisotopic (exact) mass is 830 g/mol. The predicted octanol–water partition coefficient (Wildman–Crippen LogP) is 6.74. The van der Waals surface area contributed by atoms with Gasteiger partial charge < -0.3 is 25.2 Å². The molecule has 0 radical (unpaired) electrons. The highest BCUT2D eigenvalue weighted by atomic mass is 16.5. The molecular weight excluding hydrogens is 759 g/mol. The standard InChI is InChI=1S/C44H71N5O10/c1-3-4-5-6-7-8-9-10-11-12-13-14-15-16-17-28-39(33(2)40(52)45-35-25-21-23-30-49(57)43(35)54)59-44(55)36(26-20-22-29-48(56)32-50)46-41(53)37-31-58-42(47-37)34-24-18-19-27-38(34)51/h18-19,24,27,32-33,35-37,39,51,56-57H,3-17,20-23,25-26,28-31H2,1-2H3,(H,45,52)(H,46,53). The zero-order valence-electron chi connectivity index (χ0n) is 35.5. The van der Waals surface area contributed by atoms with Gasteiger partial charge in [-0.05, 0) is 63.5 Å². The molecule has 0 aliphatic carbocycles. The average molecular weight is 830 g/mol. The number of amides is 4. The Morgan fingerprint density at radius 3 is 2.17 bits per heavy atom. The van der Waals surface area contributed by atoms with Crippen molar-refractivity contribution in [2.75, 3.05) is 19.7 Å². The van der Waals surface area contributed by atoms with Crippen LogP contribution in [-0.4, -0.2) is 106 Å². The Bertz CT molecular complexity index is 1460. The van der Waals surface area contributed by atoms with E-state index in [9.17, 15) is 39.5 Å². The number of nitrogens with zero attached hydrogens (tertiary/aromatic N) is 3. The Balaban J connectivity index is 1.62. The fourth-order valence-corrected chi connectivity index (χ4v) is 7.49. The Labute approximate surface area is 350 Å². The van der Waals surface area contributed by atoms with E-state index in [1.165, 1.54) is 70.3 Å². The van der Waals surface area contributed by atoms with Gasteiger partial charge in [0.2, 0.25) is 24.1 Å². The third-order valence-electron chi connectivity index (χ3n) is 11.3. The molecular formula is C44H71N5O10. The SMILES string of the molecule is CCCCCCCCCCCCCCCCCC(OC(=O)C(CCCCN(O)C=O)NC(=O)C1COC(c2ccccc2O)=N1)C(C)C(=O)NC1CCCCN(O)C1=O. The van der Waals surface area contributed by atoms with E-state index in [2.05, 4.69) is 22.5 Å². The molecule has 5 atom stereocenters. The number of para-hydroxylation sites is 1. The smallest absolute Gasteiger partial charge is 0.328 e. The molecule has 5 unspecified atom stereocenters. The van der Waals surface area contributed by atoms with Crippen LogP contribution >= 0.6 is 0 Å². The molecule has 0 bridgehead atoms. The van der Waals surface area contributed by atoms with Gasteiger partial charge in [0.25, 0.3) is 5.91 Å². The lowest BCUT2D eigenvalue weighted by atomic mass is 9.96. The number of unbranched alkanes of at least 4 members (excludes halogenated alkanes) is 15. The molecule has 0 spiro atoms. The lowest BCUT2D eigenvalue weighted by Gasteiger charge is -2.28. The molecule has 1 saturated heterocycles. The second kappa shape index (κ2) is 28.3. The van der Waals surface area contributed by atoms with Gasteiger partial charge >= 0.3 is 5.97 Å². The van der Waals surface area contributed by atoms with E-state index in [0.29, 0.717) is 60.6 Å². The molecule has 4 amide bonds. The van der Waals surface area contributed by atoms with Crippen LogP contribution in [0.15, 0.2) is 29.3 Å². The number of carbonyl (C=O) groups excluding carboxylic acids is 5. The fraction of sp³-hybridized carbons (Fsp3) is 0.727. The maximum atomic E-state index is 14.0. The van der Waals surface area contributed by atoms with Crippen molar-refractivity contribution < 1.29 is 49.0 Å². The maximum Gasteiger partial charge on any atom is 0.328 e. The molecule has 1 fully saturated rings. The summed E-state index contributed by atoms with van der Waals surface area (Å²) in [6, 6.07) is 3.38. The van der Waals surface area contributed by atoms with Gasteiger partial charge in [0.05, 0.1) is 11.5 Å². The Hall–Kier alpha value is -4.24. The zero-order chi connectivity index (χ0) is 42.8. The molecule has 0 aromatic heterocycles. The molecule has 5 N–H and O–H groups in total. The van der Waals surface area contributed by atoms with Crippen LogP contribution < -0.4 is 10.6 Å². The Morgan fingerprint density at radius 2 is 1.54 bits per heavy atom. The van der Waals surface area contributed by atoms with Gasteiger partial charge in [0.1, 0.15) is 30.5 Å². The van der Waals surface area contributed by atoms with Gasteiger partial charge in [-0.2, -0.15) is 0 Å². The normalized spacial score (nSPS) is 18.2. The summed E-state index contributed by atoms with van der Waals surface area (Å²) in [5.74, 6) is -3.23. The first kappa shape index (κ1) is 49.1. The maximum absolute atomic E-state index is 14.0. The fourth-order valence-electron chi connectivity index (χ4n) is 7.49. The number of phenolic OH excluding ortho intramolecular Hbond substituents is 1. The minimum atomic E-state index is -1.15. The van der Waals surface area contributed by atoms with Crippen LogP contribution in [-0.2, 0) is 33.4 Å². The summed E-state index contributed by atoms with van der Waals surface area (Å²) in [6.45, 7) is 3.98. The second-order valence-electron chi connectivity index (χ2n) is 16.1. The van der Waals surface area contributed by atoms with Gasteiger partial charge in [-0.25, -0.2) is 19.9 Å². The van der Waals surface area contributed by atoms with Gasteiger partial charge in [0.15, 0.2) is 6.04 Å². The number of rotatable bonds is 30.